The molecule has 0 aromatic heterocycles. The molecule has 5 N–H and O–H groups in total. The molecule has 0 fully saturated rings. The Balaban J connectivity index is 2.18. The van der Waals surface area contributed by atoms with Crippen LogP contribution in [0.25, 0.3) is 0 Å². The smallest absolute Gasteiger partial charge is 0.255 e. The zero-order valence-electron chi connectivity index (χ0n) is 14.2. The normalized spacial score (nSPS) is 11.9. The highest BCUT2D eigenvalue weighted by molar-refractivity contribution is 6.34. The fraction of sp³-hybridized carbons (Fsp3) is 0.222. The van der Waals surface area contributed by atoms with Crippen LogP contribution >= 0.6 is 23.2 Å². The lowest BCUT2D eigenvalue weighted by Gasteiger charge is -2.22. The summed E-state index contributed by atoms with van der Waals surface area (Å²) in [5.41, 5.74) is 6.48. The first-order valence-corrected chi connectivity index (χ1v) is 8.60. The number of anilines is 2. The zero-order chi connectivity index (χ0) is 19.4. The first-order chi connectivity index (χ1) is 12.2. The Morgan fingerprint density at radius 3 is 2.42 bits per heavy atom. The number of halogens is 2. The van der Waals surface area contributed by atoms with Gasteiger partial charge in [-0.05, 0) is 42.3 Å². The molecule has 2 amide bonds. The molecule has 1 atom stereocenters. The number of nitrogens with two attached hydrogens (primary N) is 1. The Bertz CT molecular complexity index is 840. The standard InChI is InChI=1S/C18H19Cl2N3O3/c1-9(2)16(18(26)22-14-5-4-11(21)8-13(14)20)23-17(25)12-7-10(19)3-6-15(12)24/h3-9,16,24H,21H2,1-2H3,(H,22,26)(H,23,25)/t16-/m0/s1. The number of aromatic hydroxyl groups is 1. The number of phenolic OH excluding ortho intramolecular Hbond substituents is 1. The molecule has 2 aromatic rings. The van der Waals surface area contributed by atoms with Crippen LogP contribution in [0, 0.1) is 5.92 Å². The molecule has 26 heavy (non-hydrogen) atoms. The van der Waals surface area contributed by atoms with E-state index in [1.165, 1.54) is 24.3 Å². The quantitative estimate of drug-likeness (QED) is 0.579. The summed E-state index contributed by atoms with van der Waals surface area (Å²) in [5, 5.41) is 15.7. The summed E-state index contributed by atoms with van der Waals surface area (Å²) in [6.07, 6.45) is 0. The van der Waals surface area contributed by atoms with Crippen LogP contribution in [0.2, 0.25) is 10.0 Å². The van der Waals surface area contributed by atoms with Gasteiger partial charge in [-0.2, -0.15) is 0 Å². The van der Waals surface area contributed by atoms with Gasteiger partial charge in [0.25, 0.3) is 5.91 Å². The molecule has 0 saturated carbocycles. The summed E-state index contributed by atoms with van der Waals surface area (Å²) in [5.74, 6) is -1.49. The highest BCUT2D eigenvalue weighted by atomic mass is 35.5. The highest BCUT2D eigenvalue weighted by Gasteiger charge is 2.26. The number of hydrogen-bond donors (Lipinski definition) is 4. The Hall–Kier alpha value is -2.44. The van der Waals surface area contributed by atoms with E-state index in [-0.39, 0.29) is 17.2 Å². The summed E-state index contributed by atoms with van der Waals surface area (Å²) >= 11 is 11.9. The molecule has 138 valence electrons. The lowest BCUT2D eigenvalue weighted by Crippen LogP contribution is -2.47. The second kappa shape index (κ2) is 8.29. The molecular formula is C18H19Cl2N3O3. The van der Waals surface area contributed by atoms with Crippen molar-refractivity contribution in [3.05, 3.63) is 52.0 Å². The van der Waals surface area contributed by atoms with Gasteiger partial charge in [0.05, 0.1) is 16.3 Å². The zero-order valence-corrected chi connectivity index (χ0v) is 15.7. The predicted molar refractivity (Wildman–Crippen MR) is 104 cm³/mol. The molecule has 0 heterocycles. The van der Waals surface area contributed by atoms with Crippen molar-refractivity contribution >= 4 is 46.4 Å². The summed E-state index contributed by atoms with van der Waals surface area (Å²) in [7, 11) is 0. The van der Waals surface area contributed by atoms with E-state index >= 15 is 0 Å². The lowest BCUT2D eigenvalue weighted by molar-refractivity contribution is -0.118. The third-order valence-corrected chi connectivity index (χ3v) is 4.24. The van der Waals surface area contributed by atoms with Gasteiger partial charge < -0.3 is 21.5 Å². The Morgan fingerprint density at radius 1 is 1.12 bits per heavy atom. The summed E-state index contributed by atoms with van der Waals surface area (Å²) in [4.78, 5) is 25.1. The fourth-order valence-corrected chi connectivity index (χ4v) is 2.70. The van der Waals surface area contributed by atoms with Gasteiger partial charge in [-0.15, -0.1) is 0 Å². The average molecular weight is 396 g/mol. The molecule has 8 heteroatoms. The van der Waals surface area contributed by atoms with Crippen LogP contribution in [-0.2, 0) is 4.79 Å². The van der Waals surface area contributed by atoms with Crippen LogP contribution in [-0.4, -0.2) is 23.0 Å². The van der Waals surface area contributed by atoms with Crippen molar-refractivity contribution in [1.82, 2.24) is 5.32 Å². The van der Waals surface area contributed by atoms with Crippen LogP contribution in [0.4, 0.5) is 11.4 Å². The third kappa shape index (κ3) is 4.80. The van der Waals surface area contributed by atoms with Crippen molar-refractivity contribution in [3.63, 3.8) is 0 Å². The van der Waals surface area contributed by atoms with Crippen molar-refractivity contribution < 1.29 is 14.7 Å². The number of carbonyl (C=O) groups is 2. The predicted octanol–water partition coefficient (Wildman–Crippen LogP) is 3.67. The van der Waals surface area contributed by atoms with E-state index in [0.29, 0.717) is 21.4 Å². The van der Waals surface area contributed by atoms with Crippen LogP contribution in [0.5, 0.6) is 5.75 Å². The van der Waals surface area contributed by atoms with E-state index in [0.717, 1.165) is 0 Å². The van der Waals surface area contributed by atoms with Gasteiger partial charge in [-0.3, -0.25) is 9.59 Å². The highest BCUT2D eigenvalue weighted by Crippen LogP contribution is 2.25. The van der Waals surface area contributed by atoms with Gasteiger partial charge in [0, 0.05) is 10.7 Å². The molecule has 0 saturated heterocycles. The summed E-state index contributed by atoms with van der Waals surface area (Å²) < 4.78 is 0. The molecule has 0 aliphatic rings. The van der Waals surface area contributed by atoms with Crippen molar-refractivity contribution in [2.45, 2.75) is 19.9 Å². The monoisotopic (exact) mass is 395 g/mol. The van der Waals surface area contributed by atoms with Crippen LogP contribution < -0.4 is 16.4 Å². The molecule has 6 nitrogen and oxygen atoms in total. The number of nitrogen functional groups attached to an aromatic ring is 1. The molecule has 2 rings (SSSR count). The number of nitrogens with one attached hydrogen (secondary N) is 2. The minimum absolute atomic E-state index is 0.0125. The van der Waals surface area contributed by atoms with Crippen LogP contribution in [0.1, 0.15) is 24.2 Å². The van der Waals surface area contributed by atoms with Crippen molar-refractivity contribution in [2.75, 3.05) is 11.1 Å². The number of phenols is 1. The summed E-state index contributed by atoms with van der Waals surface area (Å²) in [6.45, 7) is 3.57. The van der Waals surface area contributed by atoms with E-state index in [1.54, 1.807) is 26.0 Å². The minimum atomic E-state index is -0.852. The Labute approximate surface area is 161 Å². The maximum Gasteiger partial charge on any atom is 0.255 e. The van der Waals surface area contributed by atoms with E-state index in [1.807, 2.05) is 0 Å². The van der Waals surface area contributed by atoms with E-state index < -0.39 is 17.9 Å². The van der Waals surface area contributed by atoms with Crippen molar-refractivity contribution in [3.8, 4) is 5.75 Å². The molecule has 0 bridgehead atoms. The number of rotatable bonds is 5. The van der Waals surface area contributed by atoms with Crippen LogP contribution in [0.3, 0.4) is 0 Å². The Kier molecular flexibility index (Phi) is 6.34. The van der Waals surface area contributed by atoms with Gasteiger partial charge in [0.15, 0.2) is 0 Å². The Morgan fingerprint density at radius 2 is 1.81 bits per heavy atom. The van der Waals surface area contributed by atoms with E-state index in [9.17, 15) is 14.7 Å². The second-order valence-electron chi connectivity index (χ2n) is 6.09. The number of amides is 2. The van der Waals surface area contributed by atoms with E-state index in [4.69, 9.17) is 28.9 Å². The van der Waals surface area contributed by atoms with Gasteiger partial charge in [0.2, 0.25) is 5.91 Å². The van der Waals surface area contributed by atoms with Crippen molar-refractivity contribution in [2.24, 2.45) is 5.92 Å². The van der Waals surface area contributed by atoms with Crippen LogP contribution in [0.15, 0.2) is 36.4 Å². The first kappa shape index (κ1) is 19.9. The molecule has 0 radical (unpaired) electrons. The average Bonchev–Trinajstić information content (AvgIpc) is 2.56. The topological polar surface area (TPSA) is 104 Å². The molecule has 0 unspecified atom stereocenters. The second-order valence-corrected chi connectivity index (χ2v) is 6.93. The lowest BCUT2D eigenvalue weighted by atomic mass is 10.0. The number of hydrogen-bond acceptors (Lipinski definition) is 4. The molecule has 0 spiro atoms. The third-order valence-electron chi connectivity index (χ3n) is 3.69. The van der Waals surface area contributed by atoms with Crippen molar-refractivity contribution in [1.29, 1.82) is 0 Å². The van der Waals surface area contributed by atoms with E-state index in [2.05, 4.69) is 10.6 Å². The number of benzene rings is 2. The van der Waals surface area contributed by atoms with Gasteiger partial charge in [-0.25, -0.2) is 0 Å². The summed E-state index contributed by atoms with van der Waals surface area (Å²) in [6, 6.07) is 7.96. The van der Waals surface area contributed by atoms with Gasteiger partial charge in [-0.1, -0.05) is 37.0 Å². The molecule has 2 aromatic carbocycles. The maximum atomic E-state index is 12.6. The molecular weight excluding hydrogens is 377 g/mol. The van der Waals surface area contributed by atoms with Gasteiger partial charge in [0.1, 0.15) is 11.8 Å². The SMILES string of the molecule is CC(C)[C@H](NC(=O)c1cc(Cl)ccc1O)C(=O)Nc1ccc(N)cc1Cl. The van der Waals surface area contributed by atoms with Gasteiger partial charge >= 0.3 is 0 Å². The maximum absolute atomic E-state index is 12.6. The largest absolute Gasteiger partial charge is 0.507 e. The molecule has 0 aliphatic carbocycles. The first-order valence-electron chi connectivity index (χ1n) is 7.84. The molecule has 0 aliphatic heterocycles. The minimum Gasteiger partial charge on any atom is -0.507 e. The number of carbonyl (C=O) groups excluding carboxylic acids is 2. The fourth-order valence-electron chi connectivity index (χ4n) is 2.29.